The van der Waals surface area contributed by atoms with Gasteiger partial charge in [0.15, 0.2) is 5.85 Å². The molecule has 5 heteroatoms. The first-order valence-electron chi connectivity index (χ1n) is 2.76. The number of rotatable bonds is 2. The highest BCUT2D eigenvalue weighted by Gasteiger charge is 2.50. The summed E-state index contributed by atoms with van der Waals surface area (Å²) in [6, 6.07) is 0. The van der Waals surface area contributed by atoms with E-state index in [2.05, 4.69) is 4.74 Å². The van der Waals surface area contributed by atoms with Crippen LogP contribution in [-0.4, -0.2) is 21.7 Å². The van der Waals surface area contributed by atoms with Crippen LogP contribution in [-0.2, 0) is 9.30 Å². The van der Waals surface area contributed by atoms with E-state index in [-0.39, 0.29) is 6.10 Å². The highest BCUT2D eigenvalue weighted by Crippen LogP contribution is 2.53. The Balaban J connectivity index is 2.43. The van der Waals surface area contributed by atoms with E-state index in [1.54, 1.807) is 0 Å². The topological polar surface area (TPSA) is 70.1 Å². The van der Waals surface area contributed by atoms with Crippen LogP contribution in [0.5, 0.6) is 0 Å². The Bertz CT molecular complexity index is 151. The Morgan fingerprint density at radius 2 is 2.22 bits per heavy atom. The number of hydrogen-bond acceptors (Lipinski definition) is 2. The highest BCUT2D eigenvalue weighted by atomic mass is 31.2. The zero-order valence-corrected chi connectivity index (χ0v) is 5.91. The molecular weight excluding hydrogens is 143 g/mol. The normalized spacial score (nSPS) is 34.6. The van der Waals surface area contributed by atoms with Crippen LogP contribution in [0.4, 0.5) is 0 Å². The summed E-state index contributed by atoms with van der Waals surface area (Å²) in [5.41, 5.74) is 0. The summed E-state index contributed by atoms with van der Waals surface area (Å²) >= 11 is 0. The minimum atomic E-state index is -3.92. The minimum Gasteiger partial charge on any atom is -0.356 e. The Kier molecular flexibility index (Phi) is 1.65. The molecule has 0 aromatic carbocycles. The standard InChI is InChI=1S/C4H9O4P/c1-2-3-4(8-3)9(5,6)7/h3-4H,2H2,1H3,(H2,5,6,7)/t3-,4+/m1/s1. The molecule has 1 aliphatic rings. The number of hydrogen-bond donors (Lipinski definition) is 2. The van der Waals surface area contributed by atoms with Crippen molar-refractivity contribution in [1.82, 2.24) is 0 Å². The van der Waals surface area contributed by atoms with Gasteiger partial charge in [0.05, 0.1) is 6.10 Å². The third-order valence-corrected chi connectivity index (χ3v) is 2.41. The summed E-state index contributed by atoms with van der Waals surface area (Å²) in [6.45, 7) is 1.83. The lowest BCUT2D eigenvalue weighted by Gasteiger charge is -1.94. The second-order valence-corrected chi connectivity index (χ2v) is 3.75. The zero-order valence-electron chi connectivity index (χ0n) is 5.02. The van der Waals surface area contributed by atoms with Gasteiger partial charge in [-0.3, -0.25) is 4.57 Å². The van der Waals surface area contributed by atoms with Crippen molar-refractivity contribution < 1.29 is 19.1 Å². The van der Waals surface area contributed by atoms with Crippen LogP contribution in [0.1, 0.15) is 13.3 Å². The second kappa shape index (κ2) is 2.06. The SMILES string of the molecule is CC[C@H]1O[C@H]1P(=O)(O)O. The third-order valence-electron chi connectivity index (χ3n) is 1.29. The van der Waals surface area contributed by atoms with E-state index in [4.69, 9.17) is 9.79 Å². The van der Waals surface area contributed by atoms with E-state index in [0.29, 0.717) is 6.42 Å². The van der Waals surface area contributed by atoms with Crippen LogP contribution in [0.3, 0.4) is 0 Å². The van der Waals surface area contributed by atoms with Gasteiger partial charge in [-0.25, -0.2) is 0 Å². The van der Waals surface area contributed by atoms with Crippen LogP contribution >= 0.6 is 7.60 Å². The maximum absolute atomic E-state index is 10.3. The van der Waals surface area contributed by atoms with Crippen molar-refractivity contribution in [2.24, 2.45) is 0 Å². The predicted octanol–water partition coefficient (Wildman–Crippen LogP) is 0.299. The molecule has 2 atom stereocenters. The van der Waals surface area contributed by atoms with E-state index >= 15 is 0 Å². The van der Waals surface area contributed by atoms with Gasteiger partial charge in [-0.2, -0.15) is 0 Å². The molecule has 1 rings (SSSR count). The lowest BCUT2D eigenvalue weighted by molar-refractivity contribution is 0.330. The molecule has 2 N–H and O–H groups in total. The van der Waals surface area contributed by atoms with Gasteiger partial charge in [-0.05, 0) is 6.42 Å². The fraction of sp³-hybridized carbons (Fsp3) is 1.00. The molecule has 0 aromatic heterocycles. The molecule has 0 unspecified atom stereocenters. The summed E-state index contributed by atoms with van der Waals surface area (Å²) in [5, 5.41) is 0. The Labute approximate surface area is 53.0 Å². The van der Waals surface area contributed by atoms with Crippen LogP contribution in [0.2, 0.25) is 0 Å². The molecule has 1 aliphatic heterocycles. The molecular formula is C4H9O4P. The van der Waals surface area contributed by atoms with Crippen molar-refractivity contribution in [3.63, 3.8) is 0 Å². The first-order chi connectivity index (χ1) is 4.05. The average molecular weight is 152 g/mol. The fourth-order valence-electron chi connectivity index (χ4n) is 0.727. The van der Waals surface area contributed by atoms with Crippen LogP contribution in [0.25, 0.3) is 0 Å². The monoisotopic (exact) mass is 152 g/mol. The molecule has 0 amide bonds. The van der Waals surface area contributed by atoms with Gasteiger partial charge >= 0.3 is 7.60 Å². The molecule has 1 heterocycles. The lowest BCUT2D eigenvalue weighted by atomic mass is 10.4. The van der Waals surface area contributed by atoms with Crippen molar-refractivity contribution in [2.75, 3.05) is 0 Å². The van der Waals surface area contributed by atoms with Gasteiger partial charge in [-0.1, -0.05) is 6.92 Å². The van der Waals surface area contributed by atoms with Gasteiger partial charge < -0.3 is 14.5 Å². The zero-order chi connectivity index (χ0) is 7.07. The molecule has 9 heavy (non-hydrogen) atoms. The van der Waals surface area contributed by atoms with Gasteiger partial charge in [0.25, 0.3) is 0 Å². The Morgan fingerprint density at radius 1 is 1.67 bits per heavy atom. The summed E-state index contributed by atoms with van der Waals surface area (Å²) in [4.78, 5) is 16.9. The number of ether oxygens (including phenoxy) is 1. The van der Waals surface area contributed by atoms with Crippen molar-refractivity contribution in [2.45, 2.75) is 25.3 Å². The predicted molar refractivity (Wildman–Crippen MR) is 31.0 cm³/mol. The van der Waals surface area contributed by atoms with Crippen LogP contribution in [0.15, 0.2) is 0 Å². The molecule has 0 radical (unpaired) electrons. The minimum absolute atomic E-state index is 0.203. The first kappa shape index (κ1) is 7.22. The summed E-state index contributed by atoms with van der Waals surface area (Å²) < 4.78 is 15.0. The second-order valence-electron chi connectivity index (χ2n) is 2.06. The largest absolute Gasteiger partial charge is 0.356 e. The van der Waals surface area contributed by atoms with E-state index in [1.165, 1.54) is 0 Å². The molecule has 0 saturated carbocycles. The summed E-state index contributed by atoms with van der Waals surface area (Å²) in [5.74, 6) is -0.803. The quantitative estimate of drug-likeness (QED) is 0.441. The van der Waals surface area contributed by atoms with Crippen molar-refractivity contribution in [1.29, 1.82) is 0 Å². The van der Waals surface area contributed by atoms with Crippen LogP contribution < -0.4 is 0 Å². The molecule has 1 fully saturated rings. The third kappa shape index (κ3) is 1.52. The Morgan fingerprint density at radius 3 is 2.33 bits per heavy atom. The molecule has 0 bridgehead atoms. The number of epoxide rings is 1. The van der Waals surface area contributed by atoms with Gasteiger partial charge in [-0.15, -0.1) is 0 Å². The van der Waals surface area contributed by atoms with E-state index in [0.717, 1.165) is 0 Å². The molecule has 54 valence electrons. The molecule has 4 nitrogen and oxygen atoms in total. The molecule has 0 spiro atoms. The Hall–Kier alpha value is 0.110. The van der Waals surface area contributed by atoms with E-state index in [9.17, 15) is 4.57 Å². The van der Waals surface area contributed by atoms with E-state index in [1.807, 2.05) is 6.92 Å². The van der Waals surface area contributed by atoms with Gasteiger partial charge in [0.1, 0.15) is 0 Å². The van der Waals surface area contributed by atoms with Crippen molar-refractivity contribution in [3.05, 3.63) is 0 Å². The van der Waals surface area contributed by atoms with Crippen molar-refractivity contribution in [3.8, 4) is 0 Å². The molecule has 0 aromatic rings. The molecule has 1 saturated heterocycles. The summed E-state index contributed by atoms with van der Waals surface area (Å²) in [6.07, 6.45) is 0.473. The van der Waals surface area contributed by atoms with Gasteiger partial charge in [0, 0.05) is 0 Å². The average Bonchev–Trinajstić information content (AvgIpc) is 2.39. The summed E-state index contributed by atoms with van der Waals surface area (Å²) in [7, 11) is -3.92. The first-order valence-corrected chi connectivity index (χ1v) is 4.44. The van der Waals surface area contributed by atoms with Crippen molar-refractivity contribution >= 4 is 7.60 Å². The smallest absolute Gasteiger partial charge is 0.356 e. The maximum atomic E-state index is 10.3. The van der Waals surface area contributed by atoms with Gasteiger partial charge in [0.2, 0.25) is 0 Å². The van der Waals surface area contributed by atoms with E-state index < -0.39 is 13.4 Å². The molecule has 0 aliphatic carbocycles. The lowest BCUT2D eigenvalue weighted by Crippen LogP contribution is -1.92. The van der Waals surface area contributed by atoms with Crippen LogP contribution in [0, 0.1) is 0 Å². The fourth-order valence-corrected chi connectivity index (χ4v) is 1.69. The maximum Gasteiger partial charge on any atom is 0.356 e. The highest BCUT2D eigenvalue weighted by molar-refractivity contribution is 7.52.